The number of halogens is 1. The number of anilines is 1. The van der Waals surface area contributed by atoms with Crippen LogP contribution in [0.2, 0.25) is 5.02 Å². The van der Waals surface area contributed by atoms with Gasteiger partial charge in [0.2, 0.25) is 0 Å². The lowest BCUT2D eigenvalue weighted by Crippen LogP contribution is -2.30. The Morgan fingerprint density at radius 3 is 2.84 bits per heavy atom. The number of hydrogen-bond donors (Lipinski definition) is 2. The van der Waals surface area contributed by atoms with Crippen LogP contribution in [-0.2, 0) is 0 Å². The average molecular weight is 284 g/mol. The highest BCUT2D eigenvalue weighted by Crippen LogP contribution is 2.16. The number of aromatic nitrogens is 1. The van der Waals surface area contributed by atoms with Crippen molar-refractivity contribution < 1.29 is 4.79 Å². The van der Waals surface area contributed by atoms with Crippen molar-refractivity contribution >= 4 is 23.3 Å². The largest absolute Gasteiger partial charge is 0.384 e. The zero-order valence-electron chi connectivity index (χ0n) is 11.6. The van der Waals surface area contributed by atoms with Crippen LogP contribution in [0.5, 0.6) is 0 Å². The highest BCUT2D eigenvalue weighted by atomic mass is 35.5. The van der Waals surface area contributed by atoms with Crippen molar-refractivity contribution in [1.29, 1.82) is 0 Å². The summed E-state index contributed by atoms with van der Waals surface area (Å²) in [6.45, 7) is 4.96. The molecule has 0 aliphatic heterocycles. The molecule has 106 valence electrons. The Morgan fingerprint density at radius 2 is 2.21 bits per heavy atom. The molecule has 0 aromatic carbocycles. The molecule has 0 radical (unpaired) electrons. The van der Waals surface area contributed by atoms with E-state index in [4.69, 9.17) is 17.3 Å². The van der Waals surface area contributed by atoms with E-state index in [0.29, 0.717) is 23.3 Å². The molecule has 0 aliphatic carbocycles. The molecule has 0 spiro atoms. The first kappa shape index (κ1) is 15.8. The van der Waals surface area contributed by atoms with Crippen LogP contribution in [0.15, 0.2) is 12.1 Å². The van der Waals surface area contributed by atoms with Gasteiger partial charge in [0.05, 0.1) is 5.02 Å². The summed E-state index contributed by atoms with van der Waals surface area (Å²) < 4.78 is 0. The van der Waals surface area contributed by atoms with Gasteiger partial charge in [0.25, 0.3) is 5.91 Å². The minimum Gasteiger partial charge on any atom is -0.384 e. The first-order valence-electron chi connectivity index (χ1n) is 6.78. The normalized spacial score (nSPS) is 12.2. The number of pyridine rings is 1. The van der Waals surface area contributed by atoms with Gasteiger partial charge >= 0.3 is 0 Å². The average Bonchev–Trinajstić information content (AvgIpc) is 2.41. The number of amides is 1. The van der Waals surface area contributed by atoms with E-state index in [1.165, 1.54) is 12.8 Å². The molecule has 0 saturated heterocycles. The quantitative estimate of drug-likeness (QED) is 0.807. The maximum atomic E-state index is 12.0. The molecule has 1 aromatic heterocycles. The lowest BCUT2D eigenvalue weighted by Gasteiger charge is -2.15. The van der Waals surface area contributed by atoms with Crippen molar-refractivity contribution in [2.75, 3.05) is 12.3 Å². The Labute approximate surface area is 119 Å². The summed E-state index contributed by atoms with van der Waals surface area (Å²) in [5.74, 6) is 0.545. The fourth-order valence-electron chi connectivity index (χ4n) is 1.88. The zero-order chi connectivity index (χ0) is 14.3. The van der Waals surface area contributed by atoms with Gasteiger partial charge in [0, 0.05) is 6.54 Å². The molecule has 0 saturated carbocycles. The van der Waals surface area contributed by atoms with Crippen LogP contribution in [0, 0.1) is 5.92 Å². The molecule has 0 aliphatic rings. The SMILES string of the molecule is CCCCC(CC)CNC(=O)c1nc(N)ccc1Cl. The van der Waals surface area contributed by atoms with Crippen molar-refractivity contribution in [2.24, 2.45) is 5.92 Å². The third kappa shape index (κ3) is 5.07. The zero-order valence-corrected chi connectivity index (χ0v) is 12.3. The molecule has 1 rings (SSSR count). The highest BCUT2D eigenvalue weighted by molar-refractivity contribution is 6.33. The van der Waals surface area contributed by atoms with Crippen LogP contribution in [0.1, 0.15) is 50.0 Å². The lowest BCUT2D eigenvalue weighted by molar-refractivity contribution is 0.0941. The molecule has 1 amide bonds. The molecule has 1 heterocycles. The minimum absolute atomic E-state index is 0.201. The smallest absolute Gasteiger partial charge is 0.271 e. The monoisotopic (exact) mass is 283 g/mol. The van der Waals surface area contributed by atoms with Crippen LogP contribution >= 0.6 is 11.6 Å². The Bertz CT molecular complexity index is 423. The van der Waals surface area contributed by atoms with Crippen molar-refractivity contribution in [3.8, 4) is 0 Å². The van der Waals surface area contributed by atoms with Crippen molar-refractivity contribution in [2.45, 2.75) is 39.5 Å². The Balaban J connectivity index is 2.56. The van der Waals surface area contributed by atoms with Crippen LogP contribution in [0.25, 0.3) is 0 Å². The maximum Gasteiger partial charge on any atom is 0.271 e. The number of unbranched alkanes of at least 4 members (excludes halogenated alkanes) is 1. The molecular weight excluding hydrogens is 262 g/mol. The Hall–Kier alpha value is -1.29. The molecule has 0 fully saturated rings. The van der Waals surface area contributed by atoms with E-state index in [1.807, 2.05) is 0 Å². The standard InChI is InChI=1S/C14H22ClN3O/c1-3-5-6-10(4-2)9-17-14(19)13-11(15)7-8-12(16)18-13/h7-8,10H,3-6,9H2,1-2H3,(H2,16,18)(H,17,19). The summed E-state index contributed by atoms with van der Waals surface area (Å²) in [7, 11) is 0. The fraction of sp³-hybridized carbons (Fsp3) is 0.571. The van der Waals surface area contributed by atoms with Crippen LogP contribution in [0.4, 0.5) is 5.82 Å². The van der Waals surface area contributed by atoms with E-state index >= 15 is 0 Å². The number of hydrogen-bond acceptors (Lipinski definition) is 3. The van der Waals surface area contributed by atoms with Crippen molar-refractivity contribution in [3.05, 3.63) is 22.8 Å². The minimum atomic E-state index is -0.257. The Morgan fingerprint density at radius 1 is 1.47 bits per heavy atom. The van der Waals surface area contributed by atoms with Gasteiger partial charge in [-0.05, 0) is 24.5 Å². The van der Waals surface area contributed by atoms with Gasteiger partial charge < -0.3 is 11.1 Å². The second-order valence-electron chi connectivity index (χ2n) is 4.69. The molecule has 0 bridgehead atoms. The van der Waals surface area contributed by atoms with Gasteiger partial charge in [-0.1, -0.05) is 44.7 Å². The van der Waals surface area contributed by atoms with E-state index in [2.05, 4.69) is 24.1 Å². The molecule has 4 nitrogen and oxygen atoms in total. The molecule has 1 aromatic rings. The predicted octanol–water partition coefficient (Wildman–Crippen LogP) is 3.26. The van der Waals surface area contributed by atoms with Gasteiger partial charge in [-0.25, -0.2) is 4.98 Å². The van der Waals surface area contributed by atoms with E-state index < -0.39 is 0 Å². The number of nitrogens with one attached hydrogen (secondary N) is 1. The highest BCUT2D eigenvalue weighted by Gasteiger charge is 2.14. The number of nitrogens with two attached hydrogens (primary N) is 1. The fourth-order valence-corrected chi connectivity index (χ4v) is 2.07. The molecular formula is C14H22ClN3O. The second-order valence-corrected chi connectivity index (χ2v) is 5.10. The summed E-state index contributed by atoms with van der Waals surface area (Å²) in [6, 6.07) is 3.17. The number of carbonyl (C=O) groups is 1. The van der Waals surface area contributed by atoms with E-state index in [1.54, 1.807) is 12.1 Å². The number of nitrogens with zero attached hydrogens (tertiary/aromatic N) is 1. The predicted molar refractivity (Wildman–Crippen MR) is 79.3 cm³/mol. The molecule has 1 unspecified atom stereocenters. The first-order valence-corrected chi connectivity index (χ1v) is 7.16. The third-order valence-corrected chi connectivity index (χ3v) is 3.48. The second kappa shape index (κ2) is 8.00. The first-order chi connectivity index (χ1) is 9.08. The van der Waals surface area contributed by atoms with Crippen LogP contribution < -0.4 is 11.1 Å². The molecule has 3 N–H and O–H groups in total. The number of carbonyl (C=O) groups excluding carboxylic acids is 1. The summed E-state index contributed by atoms with van der Waals surface area (Å²) in [5, 5.41) is 3.21. The molecule has 5 heteroatoms. The maximum absolute atomic E-state index is 12.0. The summed E-state index contributed by atoms with van der Waals surface area (Å²) in [4.78, 5) is 16.0. The lowest BCUT2D eigenvalue weighted by atomic mass is 9.99. The topological polar surface area (TPSA) is 68.0 Å². The summed E-state index contributed by atoms with van der Waals surface area (Å²) >= 11 is 5.94. The van der Waals surface area contributed by atoms with E-state index in [-0.39, 0.29) is 11.6 Å². The summed E-state index contributed by atoms with van der Waals surface area (Å²) in [6.07, 6.45) is 4.54. The van der Waals surface area contributed by atoms with Gasteiger partial charge in [-0.2, -0.15) is 0 Å². The third-order valence-electron chi connectivity index (χ3n) is 3.18. The van der Waals surface area contributed by atoms with E-state index in [0.717, 1.165) is 12.8 Å². The van der Waals surface area contributed by atoms with Gasteiger partial charge in [-0.15, -0.1) is 0 Å². The van der Waals surface area contributed by atoms with E-state index in [9.17, 15) is 4.79 Å². The number of rotatable bonds is 7. The Kier molecular flexibility index (Phi) is 6.64. The molecule has 19 heavy (non-hydrogen) atoms. The van der Waals surface area contributed by atoms with Crippen LogP contribution in [-0.4, -0.2) is 17.4 Å². The van der Waals surface area contributed by atoms with Gasteiger partial charge in [-0.3, -0.25) is 4.79 Å². The van der Waals surface area contributed by atoms with Crippen LogP contribution in [0.3, 0.4) is 0 Å². The van der Waals surface area contributed by atoms with Crippen molar-refractivity contribution in [1.82, 2.24) is 10.3 Å². The van der Waals surface area contributed by atoms with Gasteiger partial charge in [0.1, 0.15) is 11.5 Å². The molecule has 1 atom stereocenters. The number of nitrogen functional groups attached to an aromatic ring is 1. The van der Waals surface area contributed by atoms with Crippen molar-refractivity contribution in [3.63, 3.8) is 0 Å². The summed E-state index contributed by atoms with van der Waals surface area (Å²) in [5.41, 5.74) is 5.76. The van der Waals surface area contributed by atoms with Gasteiger partial charge in [0.15, 0.2) is 0 Å².